The number of carbonyl (C=O) groups is 1. The van der Waals surface area contributed by atoms with E-state index in [1.165, 1.54) is 13.2 Å². The fraction of sp³-hybridized carbons (Fsp3) is 0.462. The van der Waals surface area contributed by atoms with Crippen LogP contribution in [0, 0.1) is 0 Å². The fourth-order valence-corrected chi connectivity index (χ4v) is 1.61. The van der Waals surface area contributed by atoms with E-state index in [1.54, 1.807) is 12.1 Å². The summed E-state index contributed by atoms with van der Waals surface area (Å²) in [7, 11) is 1.37. The fourth-order valence-electron chi connectivity index (χ4n) is 1.61. The highest BCUT2D eigenvalue weighted by Crippen LogP contribution is 2.29. The zero-order chi connectivity index (χ0) is 15.0. The van der Waals surface area contributed by atoms with Crippen molar-refractivity contribution in [3.63, 3.8) is 0 Å². The maximum atomic E-state index is 12.2. The monoisotopic (exact) mass is 289 g/mol. The molecule has 5 nitrogen and oxygen atoms in total. The number of rotatable bonds is 9. The molecule has 0 aliphatic carbocycles. The SMILES string of the molecule is COc1cc(CNCCCC(=O)O)ccc1OC(F)F. The van der Waals surface area contributed by atoms with Crippen LogP contribution in [0.5, 0.6) is 11.5 Å². The van der Waals surface area contributed by atoms with Crippen molar-refractivity contribution in [2.24, 2.45) is 0 Å². The number of hydrogen-bond donors (Lipinski definition) is 2. The van der Waals surface area contributed by atoms with Gasteiger partial charge in [-0.1, -0.05) is 6.07 Å². The Bertz CT molecular complexity index is 440. The second kappa shape index (κ2) is 8.31. The molecule has 0 bridgehead atoms. The quantitative estimate of drug-likeness (QED) is 0.682. The maximum absolute atomic E-state index is 12.2. The number of carboxylic acid groups (broad SMARTS) is 1. The van der Waals surface area contributed by atoms with Crippen molar-refractivity contribution in [3.8, 4) is 11.5 Å². The van der Waals surface area contributed by atoms with Crippen LogP contribution in [0.4, 0.5) is 8.78 Å². The van der Waals surface area contributed by atoms with Gasteiger partial charge in [-0.25, -0.2) is 0 Å². The summed E-state index contributed by atoms with van der Waals surface area (Å²) in [6, 6.07) is 4.66. The number of benzene rings is 1. The Kier molecular flexibility index (Phi) is 6.72. The summed E-state index contributed by atoms with van der Waals surface area (Å²) in [5, 5.41) is 11.5. The van der Waals surface area contributed by atoms with Crippen LogP contribution in [0.3, 0.4) is 0 Å². The minimum Gasteiger partial charge on any atom is -0.493 e. The Hall–Kier alpha value is -1.89. The van der Waals surface area contributed by atoms with Crippen molar-refractivity contribution >= 4 is 5.97 Å². The topological polar surface area (TPSA) is 67.8 Å². The molecule has 0 heterocycles. The number of alkyl halides is 2. The summed E-state index contributed by atoms with van der Waals surface area (Å²) in [5.41, 5.74) is 0.832. The highest BCUT2D eigenvalue weighted by atomic mass is 19.3. The van der Waals surface area contributed by atoms with E-state index < -0.39 is 12.6 Å². The van der Waals surface area contributed by atoms with E-state index >= 15 is 0 Å². The number of carboxylic acids is 1. The first kappa shape index (κ1) is 16.2. The van der Waals surface area contributed by atoms with Crippen LogP contribution in [0.2, 0.25) is 0 Å². The van der Waals surface area contributed by atoms with Gasteiger partial charge < -0.3 is 19.9 Å². The summed E-state index contributed by atoms with van der Waals surface area (Å²) >= 11 is 0. The number of methoxy groups -OCH3 is 1. The first-order valence-corrected chi connectivity index (χ1v) is 6.07. The van der Waals surface area contributed by atoms with E-state index in [1.807, 2.05) is 0 Å². The van der Waals surface area contributed by atoms with Gasteiger partial charge in [0.05, 0.1) is 7.11 Å². The van der Waals surface area contributed by atoms with Crippen molar-refractivity contribution in [1.82, 2.24) is 5.32 Å². The van der Waals surface area contributed by atoms with Gasteiger partial charge in [0.25, 0.3) is 0 Å². The van der Waals surface area contributed by atoms with Gasteiger partial charge in [-0.3, -0.25) is 4.79 Å². The predicted octanol–water partition coefficient (Wildman–Crippen LogP) is 2.25. The molecule has 0 spiro atoms. The highest BCUT2D eigenvalue weighted by Gasteiger charge is 2.10. The third-order valence-electron chi connectivity index (χ3n) is 2.52. The van der Waals surface area contributed by atoms with Crippen LogP contribution in [0.25, 0.3) is 0 Å². The Labute approximate surface area is 115 Å². The molecule has 0 atom stereocenters. The predicted molar refractivity (Wildman–Crippen MR) is 68.2 cm³/mol. The zero-order valence-corrected chi connectivity index (χ0v) is 11.1. The largest absolute Gasteiger partial charge is 0.493 e. The van der Waals surface area contributed by atoms with Crippen LogP contribution in [-0.2, 0) is 11.3 Å². The Balaban J connectivity index is 2.48. The van der Waals surface area contributed by atoms with Crippen molar-refractivity contribution in [2.75, 3.05) is 13.7 Å². The lowest BCUT2D eigenvalue weighted by atomic mass is 10.2. The number of ether oxygens (including phenoxy) is 2. The van der Waals surface area contributed by atoms with Crippen molar-refractivity contribution in [2.45, 2.75) is 26.0 Å². The first-order valence-electron chi connectivity index (χ1n) is 6.07. The summed E-state index contributed by atoms with van der Waals surface area (Å²) < 4.78 is 33.6. The minimum atomic E-state index is -2.90. The summed E-state index contributed by atoms with van der Waals surface area (Å²) in [5.74, 6) is -0.616. The second-order valence-electron chi connectivity index (χ2n) is 4.04. The van der Waals surface area contributed by atoms with Gasteiger partial charge in [0, 0.05) is 13.0 Å². The lowest BCUT2D eigenvalue weighted by molar-refractivity contribution is -0.137. The first-order chi connectivity index (χ1) is 9.52. The van der Waals surface area contributed by atoms with Gasteiger partial charge in [-0.15, -0.1) is 0 Å². The number of halogens is 2. The molecule has 0 aliphatic heterocycles. The molecule has 1 aromatic rings. The van der Waals surface area contributed by atoms with Crippen molar-refractivity contribution < 1.29 is 28.2 Å². The van der Waals surface area contributed by atoms with Crippen molar-refractivity contribution in [3.05, 3.63) is 23.8 Å². The molecule has 0 aliphatic rings. The van der Waals surface area contributed by atoms with Gasteiger partial charge in [-0.05, 0) is 30.7 Å². The molecule has 0 saturated heterocycles. The van der Waals surface area contributed by atoms with Crippen molar-refractivity contribution in [1.29, 1.82) is 0 Å². The zero-order valence-electron chi connectivity index (χ0n) is 11.1. The van der Waals surface area contributed by atoms with E-state index in [-0.39, 0.29) is 17.9 Å². The summed E-state index contributed by atoms with van der Waals surface area (Å²) in [6.07, 6.45) is 0.635. The molecule has 2 N–H and O–H groups in total. The Morgan fingerprint density at radius 3 is 2.75 bits per heavy atom. The minimum absolute atomic E-state index is 0.0165. The maximum Gasteiger partial charge on any atom is 0.387 e. The summed E-state index contributed by atoms with van der Waals surface area (Å²) in [6.45, 7) is -1.85. The van der Waals surface area contributed by atoms with E-state index in [2.05, 4.69) is 10.1 Å². The molecule has 20 heavy (non-hydrogen) atoms. The average Bonchev–Trinajstić information content (AvgIpc) is 2.38. The average molecular weight is 289 g/mol. The molecule has 7 heteroatoms. The van der Waals surface area contributed by atoms with Gasteiger partial charge in [0.15, 0.2) is 11.5 Å². The molecule has 0 unspecified atom stereocenters. The van der Waals surface area contributed by atoms with E-state index in [9.17, 15) is 13.6 Å². The molecular weight excluding hydrogens is 272 g/mol. The third-order valence-corrected chi connectivity index (χ3v) is 2.52. The molecule has 0 aromatic heterocycles. The molecular formula is C13H17F2NO4. The van der Waals surface area contributed by atoms with E-state index in [0.717, 1.165) is 5.56 Å². The van der Waals surface area contributed by atoms with Crippen LogP contribution < -0.4 is 14.8 Å². The highest BCUT2D eigenvalue weighted by molar-refractivity contribution is 5.66. The van der Waals surface area contributed by atoms with Crippen LogP contribution in [-0.4, -0.2) is 31.3 Å². The molecule has 0 fully saturated rings. The molecule has 0 radical (unpaired) electrons. The second-order valence-corrected chi connectivity index (χ2v) is 4.04. The molecule has 0 saturated carbocycles. The number of hydrogen-bond acceptors (Lipinski definition) is 4. The number of aliphatic carboxylic acids is 1. The molecule has 0 amide bonds. The number of nitrogens with one attached hydrogen (secondary N) is 1. The lowest BCUT2D eigenvalue weighted by Gasteiger charge is -2.11. The normalized spacial score (nSPS) is 10.6. The molecule has 112 valence electrons. The molecule has 1 aromatic carbocycles. The third kappa shape index (κ3) is 5.83. The van der Waals surface area contributed by atoms with Gasteiger partial charge in [-0.2, -0.15) is 8.78 Å². The van der Waals surface area contributed by atoms with Gasteiger partial charge >= 0.3 is 12.6 Å². The lowest BCUT2D eigenvalue weighted by Crippen LogP contribution is -2.15. The Morgan fingerprint density at radius 2 is 2.15 bits per heavy atom. The van der Waals surface area contributed by atoms with E-state index in [0.29, 0.717) is 19.5 Å². The van der Waals surface area contributed by atoms with Gasteiger partial charge in [0.2, 0.25) is 0 Å². The van der Waals surface area contributed by atoms with E-state index in [4.69, 9.17) is 9.84 Å². The van der Waals surface area contributed by atoms with Crippen LogP contribution in [0.15, 0.2) is 18.2 Å². The van der Waals surface area contributed by atoms with Crippen LogP contribution in [0.1, 0.15) is 18.4 Å². The molecule has 1 rings (SSSR count). The summed E-state index contributed by atoms with van der Waals surface area (Å²) in [4.78, 5) is 10.3. The van der Waals surface area contributed by atoms with Gasteiger partial charge in [0.1, 0.15) is 0 Å². The van der Waals surface area contributed by atoms with Crippen LogP contribution >= 0.6 is 0 Å². The smallest absolute Gasteiger partial charge is 0.387 e. The standard InChI is InChI=1S/C13H17F2NO4/c1-19-11-7-9(4-5-10(11)20-13(14)15)8-16-6-2-3-12(17)18/h4-5,7,13,16H,2-3,6,8H2,1H3,(H,17,18). The Morgan fingerprint density at radius 1 is 1.40 bits per heavy atom.